The Bertz CT molecular complexity index is 808. The van der Waals surface area contributed by atoms with Gasteiger partial charge in [-0.2, -0.15) is 0 Å². The van der Waals surface area contributed by atoms with Crippen LogP contribution in [0.2, 0.25) is 0 Å². The van der Waals surface area contributed by atoms with Crippen molar-refractivity contribution < 1.29 is 9.90 Å². The maximum Gasteiger partial charge on any atom is 0.138 e. The fraction of sp³-hybridized carbons (Fsp3) is 0.833. The monoisotopic (exact) mass is 440 g/mol. The zero-order chi connectivity index (χ0) is 23.7. The Balaban J connectivity index is 1.57. The van der Waals surface area contributed by atoms with E-state index in [9.17, 15) is 9.90 Å². The summed E-state index contributed by atoms with van der Waals surface area (Å²) in [7, 11) is 0. The number of hydrogen-bond acceptors (Lipinski definition) is 2. The molecule has 2 heteroatoms. The van der Waals surface area contributed by atoms with Gasteiger partial charge in [-0.15, -0.1) is 0 Å². The third-order valence-electron chi connectivity index (χ3n) is 12.0. The average molecular weight is 441 g/mol. The molecule has 0 aliphatic heterocycles. The van der Waals surface area contributed by atoms with Gasteiger partial charge in [0.2, 0.25) is 0 Å². The van der Waals surface area contributed by atoms with Crippen LogP contribution in [0.1, 0.15) is 106 Å². The molecule has 0 radical (unpaired) electrons. The summed E-state index contributed by atoms with van der Waals surface area (Å²) in [6.45, 7) is 22.7. The van der Waals surface area contributed by atoms with Gasteiger partial charge in [-0.05, 0) is 105 Å². The van der Waals surface area contributed by atoms with E-state index in [1.165, 1.54) is 44.1 Å². The highest BCUT2D eigenvalue weighted by Gasteiger charge is 2.68. The maximum absolute atomic E-state index is 12.8. The lowest BCUT2D eigenvalue weighted by Crippen LogP contribution is -2.63. The third-order valence-corrected chi connectivity index (χ3v) is 12.0. The number of rotatable bonds is 5. The number of carbonyl (C=O) groups excluding carboxylic acids is 1. The highest BCUT2D eigenvalue weighted by molar-refractivity contribution is 5.85. The van der Waals surface area contributed by atoms with Crippen LogP contribution in [0.15, 0.2) is 24.3 Å². The van der Waals surface area contributed by atoms with Gasteiger partial charge in [0, 0.05) is 11.8 Å². The van der Waals surface area contributed by atoms with Gasteiger partial charge in [-0.1, -0.05) is 58.9 Å². The van der Waals surface area contributed by atoms with Crippen molar-refractivity contribution in [3.05, 3.63) is 24.3 Å². The molecule has 2 nitrogen and oxygen atoms in total. The van der Waals surface area contributed by atoms with Gasteiger partial charge >= 0.3 is 0 Å². The molecule has 0 saturated heterocycles. The minimum Gasteiger partial charge on any atom is -0.389 e. The van der Waals surface area contributed by atoms with E-state index in [1.54, 1.807) is 0 Å². The standard InChI is InChI=1S/C30H48O2/c1-19(2)23(31)11-9-20(3)21-13-17-29(7)22(21)10-12-25-28(6)16-15-26(32)27(4,5)24(28)14-18-30(25,29)8/h21-25,31H,1,3,9-18H2,2,4-8H3/t21-,22+,23?,24?,25-,28+,29+,30-/m1/s1. The summed E-state index contributed by atoms with van der Waals surface area (Å²) in [6.07, 6.45) is 10.8. The van der Waals surface area contributed by atoms with E-state index in [4.69, 9.17) is 0 Å². The lowest BCUT2D eigenvalue weighted by atomic mass is 9.35. The normalized spacial score (nSPS) is 46.0. The number of ketones is 1. The number of allylic oxidation sites excluding steroid dienone is 1. The van der Waals surface area contributed by atoms with Gasteiger partial charge in [0.05, 0.1) is 6.10 Å². The van der Waals surface area contributed by atoms with Crippen LogP contribution >= 0.6 is 0 Å². The molecule has 8 atom stereocenters. The Kier molecular flexibility index (Phi) is 5.93. The van der Waals surface area contributed by atoms with E-state index in [2.05, 4.69) is 47.8 Å². The molecule has 0 aromatic carbocycles. The van der Waals surface area contributed by atoms with Crippen molar-refractivity contribution in [1.82, 2.24) is 0 Å². The van der Waals surface area contributed by atoms with Crippen LogP contribution in [0.3, 0.4) is 0 Å². The highest BCUT2D eigenvalue weighted by Crippen LogP contribution is 2.75. The van der Waals surface area contributed by atoms with Crippen LogP contribution in [0.5, 0.6) is 0 Å². The van der Waals surface area contributed by atoms with Gasteiger partial charge in [-0.3, -0.25) is 4.79 Å². The molecule has 0 aromatic rings. The second-order valence-corrected chi connectivity index (χ2v) is 13.5. The number of hydrogen-bond donors (Lipinski definition) is 1. The molecule has 0 amide bonds. The fourth-order valence-corrected chi connectivity index (χ4v) is 9.79. The van der Waals surface area contributed by atoms with E-state index >= 15 is 0 Å². The van der Waals surface area contributed by atoms with Crippen LogP contribution < -0.4 is 0 Å². The minimum absolute atomic E-state index is 0.164. The van der Waals surface area contributed by atoms with E-state index in [0.29, 0.717) is 33.9 Å². The molecule has 0 heterocycles. The van der Waals surface area contributed by atoms with Crippen LogP contribution in [0, 0.1) is 45.3 Å². The first-order valence-electron chi connectivity index (χ1n) is 13.3. The van der Waals surface area contributed by atoms with Gasteiger partial charge in [0.25, 0.3) is 0 Å². The number of carbonyl (C=O) groups is 1. The second-order valence-electron chi connectivity index (χ2n) is 13.5. The Morgan fingerprint density at radius 1 is 0.969 bits per heavy atom. The molecule has 32 heavy (non-hydrogen) atoms. The maximum atomic E-state index is 12.8. The smallest absolute Gasteiger partial charge is 0.138 e. The summed E-state index contributed by atoms with van der Waals surface area (Å²) in [5.74, 6) is 3.07. The Morgan fingerprint density at radius 3 is 2.28 bits per heavy atom. The van der Waals surface area contributed by atoms with Crippen LogP contribution in [0.25, 0.3) is 0 Å². The van der Waals surface area contributed by atoms with Crippen LogP contribution in [0.4, 0.5) is 0 Å². The minimum atomic E-state index is -0.402. The summed E-state index contributed by atoms with van der Waals surface area (Å²) in [6, 6.07) is 0. The van der Waals surface area contributed by atoms with E-state index in [1.807, 2.05) is 6.92 Å². The quantitative estimate of drug-likeness (QED) is 0.449. The van der Waals surface area contributed by atoms with Gasteiger partial charge in [-0.25, -0.2) is 0 Å². The van der Waals surface area contributed by atoms with Crippen molar-refractivity contribution >= 4 is 5.78 Å². The summed E-state index contributed by atoms with van der Waals surface area (Å²) in [4.78, 5) is 12.8. The number of aliphatic hydroxyl groups excluding tert-OH is 1. The Hall–Kier alpha value is -0.890. The van der Waals surface area contributed by atoms with Crippen molar-refractivity contribution in [3.8, 4) is 0 Å². The summed E-state index contributed by atoms with van der Waals surface area (Å²) >= 11 is 0. The molecule has 4 aliphatic rings. The van der Waals surface area contributed by atoms with Crippen molar-refractivity contribution in [1.29, 1.82) is 0 Å². The number of aliphatic hydroxyl groups is 1. The molecule has 1 N–H and O–H groups in total. The van der Waals surface area contributed by atoms with E-state index in [-0.39, 0.29) is 5.41 Å². The first-order valence-corrected chi connectivity index (χ1v) is 13.3. The topological polar surface area (TPSA) is 37.3 Å². The van der Waals surface area contributed by atoms with Crippen molar-refractivity contribution in [2.75, 3.05) is 0 Å². The lowest BCUT2D eigenvalue weighted by molar-refractivity contribution is -0.201. The van der Waals surface area contributed by atoms with E-state index in [0.717, 1.165) is 43.1 Å². The molecule has 4 saturated carbocycles. The summed E-state index contributed by atoms with van der Waals surface area (Å²) in [5.41, 5.74) is 3.06. The van der Waals surface area contributed by atoms with Crippen molar-refractivity contribution in [2.24, 2.45) is 45.3 Å². The predicted molar refractivity (Wildman–Crippen MR) is 133 cm³/mol. The van der Waals surface area contributed by atoms with Crippen molar-refractivity contribution in [3.63, 3.8) is 0 Å². The van der Waals surface area contributed by atoms with Crippen LogP contribution in [-0.4, -0.2) is 17.0 Å². The SMILES string of the molecule is C=C(C)C(O)CCC(=C)[C@H]1CC[C@@]2(C)[C@H]1CC[C@@H]1[C@@]3(C)CCC(=O)C(C)(C)C3CC[C@]12C. The van der Waals surface area contributed by atoms with Gasteiger partial charge < -0.3 is 5.11 Å². The third kappa shape index (κ3) is 3.25. The Labute approximate surface area is 197 Å². The molecular weight excluding hydrogens is 392 g/mol. The molecule has 4 aliphatic carbocycles. The number of fused-ring (bicyclic) bond motifs is 5. The second kappa shape index (κ2) is 7.82. The summed E-state index contributed by atoms with van der Waals surface area (Å²) in [5, 5.41) is 10.2. The zero-order valence-electron chi connectivity index (χ0n) is 21.7. The molecular formula is C30H48O2. The molecule has 2 unspecified atom stereocenters. The van der Waals surface area contributed by atoms with Crippen molar-refractivity contribution in [2.45, 2.75) is 112 Å². The van der Waals surface area contributed by atoms with E-state index < -0.39 is 6.10 Å². The largest absolute Gasteiger partial charge is 0.389 e. The molecule has 0 aromatic heterocycles. The Morgan fingerprint density at radius 2 is 1.62 bits per heavy atom. The lowest BCUT2D eigenvalue weighted by Gasteiger charge is -2.69. The first kappa shape index (κ1) is 24.2. The number of Topliss-reactive ketones (excluding diaryl/α,β-unsaturated/α-hetero) is 1. The molecule has 180 valence electrons. The fourth-order valence-electron chi connectivity index (χ4n) is 9.79. The first-order chi connectivity index (χ1) is 14.8. The zero-order valence-corrected chi connectivity index (χ0v) is 21.7. The van der Waals surface area contributed by atoms with Gasteiger partial charge in [0.15, 0.2) is 0 Å². The highest BCUT2D eigenvalue weighted by atomic mass is 16.3. The molecule has 4 rings (SSSR count). The van der Waals surface area contributed by atoms with Gasteiger partial charge in [0.1, 0.15) is 5.78 Å². The van der Waals surface area contributed by atoms with Crippen LogP contribution in [-0.2, 0) is 4.79 Å². The average Bonchev–Trinajstić information content (AvgIpc) is 3.07. The molecule has 0 spiro atoms. The predicted octanol–water partition coefficient (Wildman–Crippen LogP) is 7.51. The summed E-state index contributed by atoms with van der Waals surface area (Å²) < 4.78 is 0. The molecule has 0 bridgehead atoms. The molecule has 4 fully saturated rings.